The van der Waals surface area contributed by atoms with Crippen molar-refractivity contribution in [3.8, 4) is 5.75 Å². The smallest absolute Gasteiger partial charge is 0.387 e. The lowest BCUT2D eigenvalue weighted by atomic mass is 9.68. The topological polar surface area (TPSA) is 9.23 Å². The van der Waals surface area contributed by atoms with E-state index in [2.05, 4.69) is 23.8 Å². The Labute approximate surface area is 171 Å². The van der Waals surface area contributed by atoms with Crippen molar-refractivity contribution in [1.29, 1.82) is 0 Å². The van der Waals surface area contributed by atoms with E-state index in [9.17, 15) is 17.6 Å². The van der Waals surface area contributed by atoms with Gasteiger partial charge >= 0.3 is 6.61 Å². The van der Waals surface area contributed by atoms with Gasteiger partial charge in [0.2, 0.25) is 0 Å². The highest BCUT2D eigenvalue weighted by atomic mass is 19.3. The summed E-state index contributed by atoms with van der Waals surface area (Å²) in [6.45, 7) is -1.14. The van der Waals surface area contributed by atoms with Gasteiger partial charge in [0.15, 0.2) is 17.4 Å². The van der Waals surface area contributed by atoms with Crippen molar-refractivity contribution >= 4 is 0 Å². The van der Waals surface area contributed by atoms with Crippen LogP contribution in [0, 0.1) is 35.3 Å². The number of allylic oxidation sites excluding steroid dienone is 2. The number of hydrogen-bond donors (Lipinski definition) is 0. The summed E-state index contributed by atoms with van der Waals surface area (Å²) in [5.74, 6) is -0.0652. The molecule has 5 heteroatoms. The fraction of sp³-hybridized carbons (Fsp3) is 0.667. The van der Waals surface area contributed by atoms with Gasteiger partial charge in [0.1, 0.15) is 0 Å². The maximum Gasteiger partial charge on any atom is 0.387 e. The van der Waals surface area contributed by atoms with Crippen LogP contribution in [0.25, 0.3) is 0 Å². The van der Waals surface area contributed by atoms with Gasteiger partial charge in [0.25, 0.3) is 0 Å². The lowest BCUT2D eigenvalue weighted by Crippen LogP contribution is -2.25. The first-order valence-electron chi connectivity index (χ1n) is 11.0. The van der Waals surface area contributed by atoms with E-state index >= 15 is 0 Å². The highest BCUT2D eigenvalue weighted by Gasteiger charge is 2.30. The number of aryl methyl sites for hydroxylation is 1. The average molecular weight is 413 g/mol. The number of hydrogen-bond acceptors (Lipinski definition) is 1. The van der Waals surface area contributed by atoms with Gasteiger partial charge in [0, 0.05) is 0 Å². The zero-order valence-corrected chi connectivity index (χ0v) is 17.2. The molecule has 29 heavy (non-hydrogen) atoms. The first-order valence-corrected chi connectivity index (χ1v) is 11.0. The monoisotopic (exact) mass is 412 g/mol. The Morgan fingerprint density at radius 1 is 0.931 bits per heavy atom. The van der Waals surface area contributed by atoms with Gasteiger partial charge in [-0.25, -0.2) is 8.78 Å². The quantitative estimate of drug-likeness (QED) is 0.329. The van der Waals surface area contributed by atoms with Gasteiger partial charge in [-0.1, -0.05) is 25.0 Å². The molecular weight excluding hydrogens is 380 g/mol. The molecular formula is C24H32F4O. The molecule has 3 rings (SSSR count). The second-order valence-corrected chi connectivity index (χ2v) is 8.79. The summed E-state index contributed by atoms with van der Waals surface area (Å²) in [4.78, 5) is 0. The molecule has 0 spiro atoms. The molecule has 0 saturated heterocycles. The van der Waals surface area contributed by atoms with Gasteiger partial charge in [0.05, 0.1) is 0 Å². The molecule has 0 radical (unpaired) electrons. The molecule has 0 atom stereocenters. The Kier molecular flexibility index (Phi) is 8.02. The second-order valence-electron chi connectivity index (χ2n) is 8.79. The van der Waals surface area contributed by atoms with Gasteiger partial charge in [-0.05, 0) is 99.7 Å². The molecule has 0 unspecified atom stereocenters. The van der Waals surface area contributed by atoms with Crippen LogP contribution in [0.2, 0.25) is 0 Å². The summed E-state index contributed by atoms with van der Waals surface area (Å²) < 4.78 is 56.1. The molecule has 2 fully saturated rings. The second kappa shape index (κ2) is 10.5. The van der Waals surface area contributed by atoms with Crippen LogP contribution < -0.4 is 4.74 Å². The molecule has 1 aromatic carbocycles. The predicted octanol–water partition coefficient (Wildman–Crippen LogP) is 7.69. The Hall–Kier alpha value is -1.52. The third kappa shape index (κ3) is 6.23. The number of halogens is 4. The van der Waals surface area contributed by atoms with E-state index in [1.165, 1.54) is 51.4 Å². The van der Waals surface area contributed by atoms with E-state index in [0.717, 1.165) is 36.3 Å². The number of ether oxygens (including phenoxy) is 1. The summed E-state index contributed by atoms with van der Waals surface area (Å²) in [5, 5.41) is 0. The summed E-state index contributed by atoms with van der Waals surface area (Å²) in [7, 11) is 0. The minimum absolute atomic E-state index is 0.506. The van der Waals surface area contributed by atoms with E-state index in [-0.39, 0.29) is 0 Å². The molecule has 0 heterocycles. The van der Waals surface area contributed by atoms with E-state index in [1.54, 1.807) is 0 Å². The molecule has 0 bridgehead atoms. The normalized spacial score (nSPS) is 28.2. The highest BCUT2D eigenvalue weighted by molar-refractivity contribution is 5.31. The first-order chi connectivity index (χ1) is 14.0. The lowest BCUT2D eigenvalue weighted by Gasteiger charge is -2.37. The summed E-state index contributed by atoms with van der Waals surface area (Å²) in [5.41, 5.74) is 0.506. The Morgan fingerprint density at radius 3 is 2.00 bits per heavy atom. The SMILES string of the molecule is CC=CC1CCC(C2CCC(CCc3cc(F)c(OC(F)F)c(F)c3)CC2)CC1. The van der Waals surface area contributed by atoms with E-state index < -0.39 is 24.0 Å². The van der Waals surface area contributed by atoms with Gasteiger partial charge in [-0.3, -0.25) is 0 Å². The maximum atomic E-state index is 13.9. The Morgan fingerprint density at radius 2 is 1.48 bits per heavy atom. The highest BCUT2D eigenvalue weighted by Crippen LogP contribution is 2.42. The van der Waals surface area contributed by atoms with Crippen LogP contribution in [-0.2, 0) is 6.42 Å². The van der Waals surface area contributed by atoms with Crippen molar-refractivity contribution in [1.82, 2.24) is 0 Å². The third-order valence-electron chi connectivity index (χ3n) is 6.95. The van der Waals surface area contributed by atoms with Crippen LogP contribution in [0.15, 0.2) is 24.3 Å². The maximum absolute atomic E-state index is 13.9. The Balaban J connectivity index is 1.43. The summed E-state index contributed by atoms with van der Waals surface area (Å²) in [6, 6.07) is 2.24. The van der Waals surface area contributed by atoms with Crippen LogP contribution in [0.1, 0.15) is 70.3 Å². The van der Waals surface area contributed by atoms with E-state index in [4.69, 9.17) is 0 Å². The van der Waals surface area contributed by atoms with Gasteiger partial charge in [-0.2, -0.15) is 8.78 Å². The molecule has 2 aliphatic carbocycles. The van der Waals surface area contributed by atoms with Crippen molar-refractivity contribution in [2.45, 2.75) is 77.7 Å². The van der Waals surface area contributed by atoms with Crippen LogP contribution in [0.5, 0.6) is 5.75 Å². The van der Waals surface area contributed by atoms with Crippen molar-refractivity contribution < 1.29 is 22.3 Å². The van der Waals surface area contributed by atoms with Crippen LogP contribution >= 0.6 is 0 Å². The van der Waals surface area contributed by atoms with E-state index in [0.29, 0.717) is 17.9 Å². The Bertz CT molecular complexity index is 648. The largest absolute Gasteiger partial charge is 0.429 e. The summed E-state index contributed by atoms with van der Waals surface area (Å²) in [6.07, 6.45) is 16.2. The zero-order valence-electron chi connectivity index (χ0n) is 17.2. The number of benzene rings is 1. The molecule has 0 amide bonds. The van der Waals surface area contributed by atoms with Crippen LogP contribution in [0.3, 0.4) is 0 Å². The third-order valence-corrected chi connectivity index (χ3v) is 6.95. The molecule has 162 valence electrons. The van der Waals surface area contributed by atoms with Crippen molar-refractivity contribution in [3.63, 3.8) is 0 Å². The fourth-order valence-electron chi connectivity index (χ4n) is 5.36. The lowest BCUT2D eigenvalue weighted by molar-refractivity contribution is -0.0546. The number of alkyl halides is 2. The van der Waals surface area contributed by atoms with Crippen molar-refractivity contribution in [3.05, 3.63) is 41.5 Å². The molecule has 1 nitrogen and oxygen atoms in total. The minimum atomic E-state index is -3.24. The van der Waals surface area contributed by atoms with Crippen LogP contribution in [-0.4, -0.2) is 6.61 Å². The van der Waals surface area contributed by atoms with Gasteiger partial charge in [-0.15, -0.1) is 0 Å². The van der Waals surface area contributed by atoms with Crippen molar-refractivity contribution in [2.75, 3.05) is 0 Å². The zero-order chi connectivity index (χ0) is 20.8. The van der Waals surface area contributed by atoms with E-state index in [1.807, 2.05) is 0 Å². The first kappa shape index (κ1) is 22.2. The molecule has 0 aliphatic heterocycles. The average Bonchev–Trinajstić information content (AvgIpc) is 2.70. The standard InChI is InChI=1S/C24H32F4O/c1-2-3-16-6-10-19(11-7-16)20-12-8-17(9-13-20)4-5-18-14-21(25)23(22(26)15-18)29-24(27)28/h2-3,14-17,19-20,24H,4-13H2,1H3. The molecule has 2 saturated carbocycles. The fourth-order valence-corrected chi connectivity index (χ4v) is 5.36. The minimum Gasteiger partial charge on any atom is -0.429 e. The van der Waals surface area contributed by atoms with Crippen molar-refractivity contribution in [2.24, 2.45) is 23.7 Å². The van der Waals surface area contributed by atoms with Crippen LogP contribution in [0.4, 0.5) is 17.6 Å². The molecule has 2 aliphatic rings. The molecule has 0 N–H and O–H groups in total. The van der Waals surface area contributed by atoms with Gasteiger partial charge < -0.3 is 4.74 Å². The summed E-state index contributed by atoms with van der Waals surface area (Å²) >= 11 is 0. The molecule has 0 aromatic heterocycles. The number of rotatable bonds is 7. The predicted molar refractivity (Wildman–Crippen MR) is 107 cm³/mol. The molecule has 1 aromatic rings.